The van der Waals surface area contributed by atoms with Gasteiger partial charge in [0.2, 0.25) is 5.91 Å². The Morgan fingerprint density at radius 3 is 2.62 bits per heavy atom. The molecule has 0 saturated carbocycles. The number of carbonyl (C=O) groups is 1. The molecule has 1 aromatic carbocycles. The third kappa shape index (κ3) is 4.89. The third-order valence-electron chi connectivity index (χ3n) is 2.25. The molecule has 0 saturated heterocycles. The minimum Gasteiger partial charge on any atom is -0.277 e. The zero-order valence-electron chi connectivity index (χ0n) is 9.33. The number of hydroxylamine groups is 1. The van der Waals surface area contributed by atoms with Crippen LogP contribution in [0, 0.1) is 5.82 Å². The molecule has 1 N–H and O–H groups in total. The highest BCUT2D eigenvalue weighted by Gasteiger charge is 2.00. The van der Waals surface area contributed by atoms with Gasteiger partial charge in [0.25, 0.3) is 0 Å². The smallest absolute Gasteiger partial charge is 0.243 e. The molecular formula is C12H16FNO2. The van der Waals surface area contributed by atoms with Gasteiger partial charge in [-0.05, 0) is 37.0 Å². The largest absolute Gasteiger partial charge is 0.277 e. The predicted molar refractivity (Wildman–Crippen MR) is 59.1 cm³/mol. The van der Waals surface area contributed by atoms with Crippen molar-refractivity contribution in [1.29, 1.82) is 0 Å². The molecule has 1 aromatic rings. The quantitative estimate of drug-likeness (QED) is 0.595. The minimum absolute atomic E-state index is 0.110. The Balaban J connectivity index is 2.16. The molecule has 4 heteroatoms. The first-order valence-corrected chi connectivity index (χ1v) is 5.28. The molecule has 0 bridgehead atoms. The standard InChI is InChI=1S/C12H16FNO2/c1-16-14-12(15)5-3-2-4-10-6-8-11(13)9-7-10/h6-9H,2-5H2,1H3,(H,14,15). The van der Waals surface area contributed by atoms with Crippen LogP contribution in [0.3, 0.4) is 0 Å². The van der Waals surface area contributed by atoms with Crippen molar-refractivity contribution < 1.29 is 14.0 Å². The molecule has 0 aromatic heterocycles. The van der Waals surface area contributed by atoms with Gasteiger partial charge in [-0.1, -0.05) is 12.1 Å². The number of amides is 1. The van der Waals surface area contributed by atoms with Gasteiger partial charge in [0, 0.05) is 6.42 Å². The Bertz CT molecular complexity index is 324. The fraction of sp³-hybridized carbons (Fsp3) is 0.417. The van der Waals surface area contributed by atoms with Crippen molar-refractivity contribution in [2.75, 3.05) is 7.11 Å². The number of carbonyl (C=O) groups excluding carboxylic acids is 1. The van der Waals surface area contributed by atoms with Crippen LogP contribution in [0.25, 0.3) is 0 Å². The zero-order valence-corrected chi connectivity index (χ0v) is 9.33. The normalized spacial score (nSPS) is 10.1. The van der Waals surface area contributed by atoms with Crippen LogP contribution in [0.5, 0.6) is 0 Å². The topological polar surface area (TPSA) is 38.3 Å². The predicted octanol–water partition coefficient (Wildman–Crippen LogP) is 2.22. The average molecular weight is 225 g/mol. The van der Waals surface area contributed by atoms with Gasteiger partial charge < -0.3 is 0 Å². The lowest BCUT2D eigenvalue weighted by atomic mass is 10.1. The van der Waals surface area contributed by atoms with Crippen LogP contribution in [0.2, 0.25) is 0 Å². The Kier molecular flexibility index (Phi) is 5.50. The van der Waals surface area contributed by atoms with Gasteiger partial charge in [0.1, 0.15) is 5.82 Å². The lowest BCUT2D eigenvalue weighted by molar-refractivity contribution is -0.131. The summed E-state index contributed by atoms with van der Waals surface area (Å²) in [6, 6.07) is 6.44. The second-order valence-corrected chi connectivity index (χ2v) is 3.56. The van der Waals surface area contributed by atoms with Gasteiger partial charge in [-0.25, -0.2) is 9.87 Å². The van der Waals surface area contributed by atoms with Gasteiger partial charge >= 0.3 is 0 Å². The van der Waals surface area contributed by atoms with Crippen LogP contribution >= 0.6 is 0 Å². The number of hydrogen-bond acceptors (Lipinski definition) is 2. The van der Waals surface area contributed by atoms with Crippen molar-refractivity contribution in [2.24, 2.45) is 0 Å². The molecule has 0 radical (unpaired) electrons. The van der Waals surface area contributed by atoms with E-state index in [1.807, 2.05) is 0 Å². The first-order valence-electron chi connectivity index (χ1n) is 5.28. The van der Waals surface area contributed by atoms with Crippen LogP contribution in [-0.2, 0) is 16.1 Å². The van der Waals surface area contributed by atoms with Gasteiger partial charge in [-0.3, -0.25) is 9.63 Å². The molecule has 1 amide bonds. The second kappa shape index (κ2) is 6.95. The zero-order chi connectivity index (χ0) is 11.8. The van der Waals surface area contributed by atoms with Gasteiger partial charge in [0.15, 0.2) is 0 Å². The summed E-state index contributed by atoms with van der Waals surface area (Å²) in [5.74, 6) is -0.329. The molecule has 0 fully saturated rings. The monoisotopic (exact) mass is 225 g/mol. The summed E-state index contributed by atoms with van der Waals surface area (Å²) in [7, 11) is 1.41. The molecule has 16 heavy (non-hydrogen) atoms. The van der Waals surface area contributed by atoms with Crippen LogP contribution in [0.4, 0.5) is 4.39 Å². The third-order valence-corrected chi connectivity index (χ3v) is 2.25. The van der Waals surface area contributed by atoms with Crippen LogP contribution in [-0.4, -0.2) is 13.0 Å². The fourth-order valence-electron chi connectivity index (χ4n) is 1.43. The van der Waals surface area contributed by atoms with Crippen molar-refractivity contribution in [3.8, 4) is 0 Å². The molecule has 0 aliphatic carbocycles. The summed E-state index contributed by atoms with van der Waals surface area (Å²) < 4.78 is 12.6. The highest BCUT2D eigenvalue weighted by Crippen LogP contribution is 2.07. The van der Waals surface area contributed by atoms with E-state index in [9.17, 15) is 9.18 Å². The van der Waals surface area contributed by atoms with Crippen molar-refractivity contribution in [3.63, 3.8) is 0 Å². The highest BCUT2D eigenvalue weighted by molar-refractivity contribution is 5.74. The van der Waals surface area contributed by atoms with E-state index in [0.29, 0.717) is 6.42 Å². The number of unbranched alkanes of at least 4 members (excludes halogenated alkanes) is 1. The molecule has 0 unspecified atom stereocenters. The Labute approximate surface area is 94.6 Å². The first kappa shape index (κ1) is 12.6. The van der Waals surface area contributed by atoms with Crippen LogP contribution < -0.4 is 5.48 Å². The molecule has 3 nitrogen and oxygen atoms in total. The number of hydrogen-bond donors (Lipinski definition) is 1. The van der Waals surface area contributed by atoms with Crippen molar-refractivity contribution in [1.82, 2.24) is 5.48 Å². The Hall–Kier alpha value is -1.42. The summed E-state index contributed by atoms with van der Waals surface area (Å²) in [5, 5.41) is 0. The van der Waals surface area contributed by atoms with E-state index < -0.39 is 0 Å². The average Bonchev–Trinajstić information content (AvgIpc) is 2.27. The maximum atomic E-state index is 12.6. The van der Waals surface area contributed by atoms with Gasteiger partial charge in [-0.15, -0.1) is 0 Å². The summed E-state index contributed by atoms with van der Waals surface area (Å²) in [4.78, 5) is 15.5. The molecule has 0 aliphatic rings. The van der Waals surface area contributed by atoms with E-state index in [2.05, 4.69) is 10.3 Å². The number of nitrogens with one attached hydrogen (secondary N) is 1. The minimum atomic E-state index is -0.219. The summed E-state index contributed by atoms with van der Waals surface area (Å²) in [6.07, 6.45) is 3.02. The molecule has 0 aliphatic heterocycles. The first-order chi connectivity index (χ1) is 7.72. The Morgan fingerprint density at radius 2 is 2.00 bits per heavy atom. The lowest BCUT2D eigenvalue weighted by Crippen LogP contribution is -2.21. The van der Waals surface area contributed by atoms with E-state index in [4.69, 9.17) is 0 Å². The van der Waals surface area contributed by atoms with Crippen LogP contribution in [0.15, 0.2) is 24.3 Å². The summed E-state index contributed by atoms with van der Waals surface area (Å²) in [6.45, 7) is 0. The molecule has 0 atom stereocenters. The van der Waals surface area contributed by atoms with E-state index >= 15 is 0 Å². The van der Waals surface area contributed by atoms with Crippen molar-refractivity contribution in [3.05, 3.63) is 35.6 Å². The molecule has 88 valence electrons. The SMILES string of the molecule is CONC(=O)CCCCc1ccc(F)cc1. The van der Waals surface area contributed by atoms with Crippen LogP contribution in [0.1, 0.15) is 24.8 Å². The highest BCUT2D eigenvalue weighted by atomic mass is 19.1. The van der Waals surface area contributed by atoms with Crippen molar-refractivity contribution >= 4 is 5.91 Å². The van der Waals surface area contributed by atoms with E-state index in [1.54, 1.807) is 12.1 Å². The van der Waals surface area contributed by atoms with E-state index in [1.165, 1.54) is 19.2 Å². The molecule has 1 rings (SSSR count). The number of halogens is 1. The molecular weight excluding hydrogens is 209 g/mol. The Morgan fingerprint density at radius 1 is 1.31 bits per heavy atom. The maximum absolute atomic E-state index is 12.6. The van der Waals surface area contributed by atoms with Gasteiger partial charge in [0.05, 0.1) is 7.11 Å². The number of benzene rings is 1. The summed E-state index contributed by atoms with van der Waals surface area (Å²) in [5.41, 5.74) is 3.35. The number of rotatable bonds is 6. The van der Waals surface area contributed by atoms with E-state index in [-0.39, 0.29) is 11.7 Å². The number of aryl methyl sites for hydroxylation is 1. The fourth-order valence-corrected chi connectivity index (χ4v) is 1.43. The molecule has 0 heterocycles. The maximum Gasteiger partial charge on any atom is 0.243 e. The molecule has 0 spiro atoms. The van der Waals surface area contributed by atoms with Crippen molar-refractivity contribution in [2.45, 2.75) is 25.7 Å². The second-order valence-electron chi connectivity index (χ2n) is 3.56. The van der Waals surface area contributed by atoms with E-state index in [0.717, 1.165) is 24.8 Å². The summed E-state index contributed by atoms with van der Waals surface area (Å²) >= 11 is 0. The lowest BCUT2D eigenvalue weighted by Gasteiger charge is -2.02. The van der Waals surface area contributed by atoms with Gasteiger partial charge in [-0.2, -0.15) is 0 Å².